The van der Waals surface area contributed by atoms with E-state index in [0.29, 0.717) is 36.2 Å². The zero-order valence-corrected chi connectivity index (χ0v) is 16.3. The number of nitrogens with zero attached hydrogens (tertiary/aromatic N) is 4. The van der Waals surface area contributed by atoms with E-state index >= 15 is 0 Å². The molecule has 0 amide bonds. The van der Waals surface area contributed by atoms with Gasteiger partial charge < -0.3 is 0 Å². The first-order chi connectivity index (χ1) is 15.2. The molecule has 1 aliphatic rings. The van der Waals surface area contributed by atoms with E-state index in [9.17, 15) is 31.1 Å². The van der Waals surface area contributed by atoms with Gasteiger partial charge in [0.05, 0.1) is 17.0 Å². The molecular weight excluding hydrogens is 438 g/mol. The summed E-state index contributed by atoms with van der Waals surface area (Å²) in [6, 6.07) is 3.69. The molecule has 0 fully saturated rings. The Morgan fingerprint density at radius 3 is 2.44 bits per heavy atom. The van der Waals surface area contributed by atoms with Crippen molar-refractivity contribution in [1.82, 2.24) is 19.9 Å². The van der Waals surface area contributed by atoms with E-state index in [2.05, 4.69) is 15.0 Å². The lowest BCUT2D eigenvalue weighted by atomic mass is 9.92. The van der Waals surface area contributed by atoms with Crippen molar-refractivity contribution in [3.05, 3.63) is 76.4 Å². The monoisotopic (exact) mass is 452 g/mol. The Balaban J connectivity index is 1.68. The molecule has 0 aliphatic carbocycles. The number of hydrogen-bond donors (Lipinski definition) is 0. The lowest BCUT2D eigenvalue weighted by molar-refractivity contribution is -0.145. The first-order valence-corrected chi connectivity index (χ1v) is 9.40. The summed E-state index contributed by atoms with van der Waals surface area (Å²) in [5.41, 5.74) is 0.516. The molecule has 11 heteroatoms. The smallest absolute Gasteiger partial charge is 0.296 e. The van der Waals surface area contributed by atoms with Crippen LogP contribution in [0.2, 0.25) is 0 Å². The largest absolute Gasteiger partial charge is 0.451 e. The Bertz CT molecular complexity index is 1170. The molecule has 0 saturated carbocycles. The second-order valence-electron chi connectivity index (χ2n) is 7.21. The number of aromatic nitrogens is 3. The van der Waals surface area contributed by atoms with E-state index in [0.717, 1.165) is 6.20 Å². The third-order valence-electron chi connectivity index (χ3n) is 5.03. The molecule has 2 aromatic heterocycles. The first-order valence-electron chi connectivity index (χ1n) is 9.40. The first kappa shape index (κ1) is 21.9. The molecule has 166 valence electrons. The van der Waals surface area contributed by atoms with E-state index in [1.54, 1.807) is 4.90 Å². The van der Waals surface area contributed by atoms with Crippen molar-refractivity contribution in [2.24, 2.45) is 0 Å². The molecular formula is C21H14F6N4O. The maximum atomic E-state index is 14.4. The Hall–Kier alpha value is -3.34. The number of benzene rings is 1. The van der Waals surface area contributed by atoms with Crippen molar-refractivity contribution in [2.75, 3.05) is 6.54 Å². The van der Waals surface area contributed by atoms with Crippen LogP contribution in [0.25, 0.3) is 11.1 Å². The number of halogens is 6. The van der Waals surface area contributed by atoms with Crippen LogP contribution < -0.4 is 0 Å². The molecule has 0 saturated heterocycles. The number of carbonyl (C=O) groups excluding carboxylic acids is 1. The fourth-order valence-corrected chi connectivity index (χ4v) is 3.68. The summed E-state index contributed by atoms with van der Waals surface area (Å²) in [5, 5.41) is 0. The van der Waals surface area contributed by atoms with Crippen molar-refractivity contribution in [3.63, 3.8) is 0 Å². The lowest BCUT2D eigenvalue weighted by Crippen LogP contribution is -2.32. The Labute approximate surface area is 177 Å². The third kappa shape index (κ3) is 4.33. The average molecular weight is 452 g/mol. The summed E-state index contributed by atoms with van der Waals surface area (Å²) in [5.74, 6) is -4.55. The number of fused-ring (bicyclic) bond motifs is 1. The van der Waals surface area contributed by atoms with Crippen LogP contribution in [0.1, 0.15) is 33.3 Å². The fraction of sp³-hybridized carbons (Fsp3) is 0.238. The number of alkyl halides is 3. The Kier molecular flexibility index (Phi) is 5.68. The van der Waals surface area contributed by atoms with Gasteiger partial charge in [-0.1, -0.05) is 0 Å². The van der Waals surface area contributed by atoms with Gasteiger partial charge >= 0.3 is 6.18 Å². The lowest BCUT2D eigenvalue weighted by Gasteiger charge is -2.29. The molecule has 3 aromatic rings. The zero-order chi connectivity index (χ0) is 23.0. The van der Waals surface area contributed by atoms with Crippen molar-refractivity contribution in [2.45, 2.75) is 25.7 Å². The van der Waals surface area contributed by atoms with Crippen LogP contribution in [-0.4, -0.2) is 32.7 Å². The molecule has 0 atom stereocenters. The van der Waals surface area contributed by atoms with Crippen molar-refractivity contribution in [3.8, 4) is 11.1 Å². The van der Waals surface area contributed by atoms with Crippen LogP contribution in [0.3, 0.4) is 0 Å². The summed E-state index contributed by atoms with van der Waals surface area (Å²) >= 11 is 0. The van der Waals surface area contributed by atoms with Gasteiger partial charge in [-0.3, -0.25) is 9.69 Å². The highest BCUT2D eigenvalue weighted by molar-refractivity contribution is 5.79. The van der Waals surface area contributed by atoms with E-state index in [1.807, 2.05) is 0 Å². The molecule has 0 bridgehead atoms. The molecule has 3 heterocycles. The second-order valence-corrected chi connectivity index (χ2v) is 7.21. The predicted molar refractivity (Wildman–Crippen MR) is 99.8 cm³/mol. The van der Waals surface area contributed by atoms with E-state index in [4.69, 9.17) is 0 Å². The number of carbonyl (C=O) groups is 1. The van der Waals surface area contributed by atoms with Gasteiger partial charge in [-0.15, -0.1) is 0 Å². The Morgan fingerprint density at radius 1 is 1.06 bits per heavy atom. The maximum Gasteiger partial charge on any atom is 0.451 e. The van der Waals surface area contributed by atoms with Crippen LogP contribution in [-0.2, 0) is 25.7 Å². The minimum Gasteiger partial charge on any atom is -0.296 e. The van der Waals surface area contributed by atoms with E-state index < -0.39 is 35.0 Å². The van der Waals surface area contributed by atoms with Crippen LogP contribution >= 0.6 is 0 Å². The van der Waals surface area contributed by atoms with Gasteiger partial charge in [0.25, 0.3) is 0 Å². The number of rotatable bonds is 4. The van der Waals surface area contributed by atoms with Gasteiger partial charge in [0.15, 0.2) is 6.29 Å². The zero-order valence-electron chi connectivity index (χ0n) is 16.3. The third-order valence-corrected chi connectivity index (χ3v) is 5.03. The molecule has 4 rings (SSSR count). The molecule has 32 heavy (non-hydrogen) atoms. The molecule has 0 unspecified atom stereocenters. The molecule has 1 aromatic carbocycles. The minimum atomic E-state index is -4.68. The summed E-state index contributed by atoms with van der Waals surface area (Å²) in [4.78, 5) is 24.1. The second kappa shape index (κ2) is 8.30. The van der Waals surface area contributed by atoms with Crippen molar-refractivity contribution >= 4 is 6.29 Å². The van der Waals surface area contributed by atoms with E-state index in [1.165, 1.54) is 12.1 Å². The highest BCUT2D eigenvalue weighted by Crippen LogP contribution is 2.34. The number of aldehydes is 1. The molecule has 0 spiro atoms. The number of pyridine rings is 1. The standard InChI is InChI=1S/C21H14F6N4O/c22-11-5-16(23)19(17(24)6-11)15-7-13(10-32)29-18-9-31(4-2-14(15)18)8-12-1-3-28-20(30-12)21(25,26)27/h1,3,5-7,10H,2,4,8-9H2. The molecule has 5 nitrogen and oxygen atoms in total. The minimum absolute atomic E-state index is 0.0483. The van der Waals surface area contributed by atoms with Crippen LogP contribution in [0.5, 0.6) is 0 Å². The highest BCUT2D eigenvalue weighted by Gasteiger charge is 2.35. The molecule has 1 aliphatic heterocycles. The van der Waals surface area contributed by atoms with Gasteiger partial charge in [-0.2, -0.15) is 13.2 Å². The summed E-state index contributed by atoms with van der Waals surface area (Å²) in [6.07, 6.45) is -2.99. The van der Waals surface area contributed by atoms with Crippen molar-refractivity contribution in [1.29, 1.82) is 0 Å². The maximum absolute atomic E-state index is 14.4. The van der Waals surface area contributed by atoms with Crippen LogP contribution in [0.4, 0.5) is 26.3 Å². The average Bonchev–Trinajstić information content (AvgIpc) is 2.72. The van der Waals surface area contributed by atoms with Gasteiger partial charge in [-0.05, 0) is 29.7 Å². The Morgan fingerprint density at radius 2 is 1.78 bits per heavy atom. The van der Waals surface area contributed by atoms with Crippen LogP contribution in [0.15, 0.2) is 30.5 Å². The highest BCUT2D eigenvalue weighted by atomic mass is 19.4. The van der Waals surface area contributed by atoms with E-state index in [-0.39, 0.29) is 36.5 Å². The molecule has 0 radical (unpaired) electrons. The fourth-order valence-electron chi connectivity index (χ4n) is 3.68. The normalized spacial score (nSPS) is 14.3. The SMILES string of the molecule is O=Cc1cc(-c2c(F)cc(F)cc2F)c2c(n1)CN(Cc1ccnc(C(F)(F)F)n1)CC2. The summed E-state index contributed by atoms with van der Waals surface area (Å²) in [7, 11) is 0. The number of hydrogen-bond acceptors (Lipinski definition) is 5. The van der Waals surface area contributed by atoms with Crippen LogP contribution in [0, 0.1) is 17.5 Å². The van der Waals surface area contributed by atoms with Crippen molar-refractivity contribution < 1.29 is 31.1 Å². The van der Waals surface area contributed by atoms with Gasteiger partial charge in [-0.25, -0.2) is 28.1 Å². The molecule has 0 N–H and O–H groups in total. The predicted octanol–water partition coefficient (Wildman–Crippen LogP) is 4.35. The quantitative estimate of drug-likeness (QED) is 0.435. The summed E-state index contributed by atoms with van der Waals surface area (Å²) < 4.78 is 80.7. The van der Waals surface area contributed by atoms with Gasteiger partial charge in [0.1, 0.15) is 23.1 Å². The summed E-state index contributed by atoms with van der Waals surface area (Å²) in [6.45, 7) is 0.490. The van der Waals surface area contributed by atoms with Gasteiger partial charge in [0.2, 0.25) is 5.82 Å². The van der Waals surface area contributed by atoms with Gasteiger partial charge in [0, 0.05) is 38.0 Å². The topological polar surface area (TPSA) is 59.0 Å².